The van der Waals surface area contributed by atoms with Crippen LogP contribution in [-0.2, 0) is 6.18 Å². The number of nitrogens with zero attached hydrogens (tertiary/aromatic N) is 4. The first-order valence-electron chi connectivity index (χ1n) is 12.7. The van der Waals surface area contributed by atoms with Crippen LogP contribution in [0.2, 0.25) is 0 Å². The number of aromatic nitrogens is 4. The van der Waals surface area contributed by atoms with E-state index in [0.29, 0.717) is 45.5 Å². The number of benzene rings is 3. The number of methoxy groups -OCH3 is 4. The van der Waals surface area contributed by atoms with Crippen LogP contribution in [0.15, 0.2) is 72.8 Å². The molecule has 0 aliphatic heterocycles. The number of alkyl halides is 3. The third-order valence-corrected chi connectivity index (χ3v) is 6.72. The van der Waals surface area contributed by atoms with Gasteiger partial charge >= 0.3 is 6.18 Å². The lowest BCUT2D eigenvalue weighted by Crippen LogP contribution is -2.14. The zero-order valence-corrected chi connectivity index (χ0v) is 23.5. The lowest BCUT2D eigenvalue weighted by Gasteiger charge is -2.14. The molecule has 0 amide bonds. The molecule has 0 aliphatic rings. The van der Waals surface area contributed by atoms with Gasteiger partial charge < -0.3 is 18.9 Å². The van der Waals surface area contributed by atoms with Crippen molar-refractivity contribution in [2.45, 2.75) is 13.1 Å². The lowest BCUT2D eigenvalue weighted by molar-refractivity contribution is -0.141. The van der Waals surface area contributed by atoms with Gasteiger partial charge in [-0.05, 0) is 79.7 Å². The fourth-order valence-electron chi connectivity index (χ4n) is 4.57. The van der Waals surface area contributed by atoms with Gasteiger partial charge in [0.1, 0.15) is 11.5 Å². The van der Waals surface area contributed by atoms with Crippen molar-refractivity contribution in [2.75, 3.05) is 28.4 Å². The van der Waals surface area contributed by atoms with E-state index in [4.69, 9.17) is 24.0 Å². The van der Waals surface area contributed by atoms with Crippen molar-refractivity contribution >= 4 is 0 Å². The molecular weight excluding hydrogens is 549 g/mol. The van der Waals surface area contributed by atoms with Crippen LogP contribution in [0.4, 0.5) is 13.2 Å². The molecule has 5 rings (SSSR count). The summed E-state index contributed by atoms with van der Waals surface area (Å²) in [4.78, 5) is 8.50. The van der Waals surface area contributed by atoms with Crippen LogP contribution in [0.1, 0.15) is 11.3 Å². The van der Waals surface area contributed by atoms with Crippen LogP contribution in [-0.4, -0.2) is 48.2 Å². The molecule has 216 valence electrons. The summed E-state index contributed by atoms with van der Waals surface area (Å²) in [6.45, 7) is 1.85. The van der Waals surface area contributed by atoms with Crippen LogP contribution >= 0.6 is 0 Å². The van der Waals surface area contributed by atoms with Crippen molar-refractivity contribution in [1.29, 1.82) is 0 Å². The molecule has 11 heteroatoms. The molecule has 0 aliphatic carbocycles. The van der Waals surface area contributed by atoms with E-state index in [-0.39, 0.29) is 11.6 Å². The predicted molar refractivity (Wildman–Crippen MR) is 151 cm³/mol. The van der Waals surface area contributed by atoms with Crippen LogP contribution in [0.25, 0.3) is 39.7 Å². The Morgan fingerprint density at radius 2 is 1.21 bits per heavy atom. The van der Waals surface area contributed by atoms with Crippen LogP contribution in [0.3, 0.4) is 0 Å². The van der Waals surface area contributed by atoms with Crippen LogP contribution in [0, 0.1) is 6.92 Å². The van der Waals surface area contributed by atoms with Crippen LogP contribution < -0.4 is 18.9 Å². The van der Waals surface area contributed by atoms with Crippen molar-refractivity contribution in [3.8, 4) is 62.7 Å². The largest absolute Gasteiger partial charge is 0.497 e. The van der Waals surface area contributed by atoms with E-state index in [1.165, 1.54) is 18.9 Å². The molecular formula is C31H27F3N4O4. The first-order valence-corrected chi connectivity index (χ1v) is 12.7. The number of rotatable bonds is 8. The fraction of sp³-hybridized carbons (Fsp3) is 0.194. The normalized spacial score (nSPS) is 11.3. The molecule has 2 heterocycles. The minimum absolute atomic E-state index is 0.0353. The Labute approximate surface area is 240 Å². The van der Waals surface area contributed by atoms with E-state index in [0.717, 1.165) is 17.2 Å². The second kappa shape index (κ2) is 11.4. The highest BCUT2D eigenvalue weighted by Crippen LogP contribution is 2.38. The molecule has 3 aromatic carbocycles. The quantitative estimate of drug-likeness (QED) is 0.196. The molecule has 2 aromatic heterocycles. The average molecular weight is 577 g/mol. The molecule has 0 saturated carbocycles. The van der Waals surface area contributed by atoms with Gasteiger partial charge in [-0.25, -0.2) is 9.97 Å². The SMILES string of the molecule is COc1ccc(-c2nn(-c3nc(-c4ccc(OC)c(OC)c4)cc(C(F)(F)F)n3)c(-c3ccc(OC)cc3)c2C)cc1. The van der Waals surface area contributed by atoms with E-state index in [9.17, 15) is 13.2 Å². The Morgan fingerprint density at radius 1 is 0.643 bits per heavy atom. The van der Waals surface area contributed by atoms with Gasteiger partial charge in [-0.15, -0.1) is 0 Å². The van der Waals surface area contributed by atoms with Gasteiger partial charge in [-0.3, -0.25) is 0 Å². The molecule has 0 bridgehead atoms. The summed E-state index contributed by atoms with van der Waals surface area (Å²) in [5, 5.41) is 4.75. The highest BCUT2D eigenvalue weighted by molar-refractivity contribution is 5.76. The molecule has 0 radical (unpaired) electrons. The second-order valence-electron chi connectivity index (χ2n) is 9.20. The summed E-state index contributed by atoms with van der Waals surface area (Å²) in [6.07, 6.45) is -4.75. The van der Waals surface area contributed by atoms with Gasteiger partial charge in [0.05, 0.1) is 45.5 Å². The minimum Gasteiger partial charge on any atom is -0.497 e. The van der Waals surface area contributed by atoms with Crippen molar-refractivity contribution in [2.24, 2.45) is 0 Å². The van der Waals surface area contributed by atoms with Gasteiger partial charge in [0, 0.05) is 22.3 Å². The molecule has 0 spiro atoms. The van der Waals surface area contributed by atoms with Gasteiger partial charge in [-0.1, -0.05) is 0 Å². The zero-order chi connectivity index (χ0) is 30.0. The molecule has 0 N–H and O–H groups in total. The average Bonchev–Trinajstić information content (AvgIpc) is 3.36. The zero-order valence-electron chi connectivity index (χ0n) is 23.5. The number of ether oxygens (including phenoxy) is 4. The van der Waals surface area contributed by atoms with E-state index >= 15 is 0 Å². The highest BCUT2D eigenvalue weighted by Gasteiger charge is 2.35. The summed E-state index contributed by atoms with van der Waals surface area (Å²) in [5.74, 6) is 1.82. The third kappa shape index (κ3) is 5.45. The second-order valence-corrected chi connectivity index (χ2v) is 9.20. The molecule has 8 nitrogen and oxygen atoms in total. The Balaban J connectivity index is 1.76. The van der Waals surface area contributed by atoms with Gasteiger partial charge in [0.15, 0.2) is 17.2 Å². The predicted octanol–water partition coefficient (Wildman–Crippen LogP) is 7.02. The van der Waals surface area contributed by atoms with Crippen molar-refractivity contribution < 1.29 is 32.1 Å². The summed E-state index contributed by atoms with van der Waals surface area (Å²) < 4.78 is 65.1. The smallest absolute Gasteiger partial charge is 0.433 e. The van der Waals surface area contributed by atoms with Crippen LogP contribution in [0.5, 0.6) is 23.0 Å². The van der Waals surface area contributed by atoms with E-state index < -0.39 is 11.9 Å². The van der Waals surface area contributed by atoms with Crippen molar-refractivity contribution in [1.82, 2.24) is 19.7 Å². The highest BCUT2D eigenvalue weighted by atomic mass is 19.4. The summed E-state index contributed by atoms with van der Waals surface area (Å²) >= 11 is 0. The Kier molecular flexibility index (Phi) is 7.75. The number of hydrogen-bond acceptors (Lipinski definition) is 7. The third-order valence-electron chi connectivity index (χ3n) is 6.72. The van der Waals surface area contributed by atoms with E-state index in [1.807, 2.05) is 19.1 Å². The number of halogens is 3. The molecule has 0 fully saturated rings. The van der Waals surface area contributed by atoms with E-state index in [1.54, 1.807) is 68.8 Å². The van der Waals surface area contributed by atoms with Gasteiger partial charge in [0.2, 0.25) is 0 Å². The Bertz CT molecular complexity index is 1720. The summed E-state index contributed by atoms with van der Waals surface area (Å²) in [7, 11) is 6.04. The Morgan fingerprint density at radius 3 is 1.76 bits per heavy atom. The van der Waals surface area contributed by atoms with Gasteiger partial charge in [0.25, 0.3) is 5.95 Å². The van der Waals surface area contributed by atoms with Crippen molar-refractivity contribution in [3.05, 3.63) is 84.1 Å². The van der Waals surface area contributed by atoms with E-state index in [2.05, 4.69) is 9.97 Å². The number of hydrogen-bond donors (Lipinski definition) is 0. The summed E-state index contributed by atoms with van der Waals surface area (Å²) in [6, 6.07) is 20.1. The molecule has 0 atom stereocenters. The Hall–Kier alpha value is -5.06. The van der Waals surface area contributed by atoms with Gasteiger partial charge in [-0.2, -0.15) is 23.0 Å². The lowest BCUT2D eigenvalue weighted by atomic mass is 10.0. The minimum atomic E-state index is -4.75. The monoisotopic (exact) mass is 576 g/mol. The molecule has 42 heavy (non-hydrogen) atoms. The first kappa shape index (κ1) is 28.5. The maximum Gasteiger partial charge on any atom is 0.433 e. The molecule has 0 unspecified atom stereocenters. The molecule has 0 saturated heterocycles. The maximum atomic E-state index is 14.2. The van der Waals surface area contributed by atoms with Crippen molar-refractivity contribution in [3.63, 3.8) is 0 Å². The maximum absolute atomic E-state index is 14.2. The summed E-state index contributed by atoms with van der Waals surface area (Å²) in [5.41, 5.74) is 2.54. The molecule has 5 aromatic rings. The standard InChI is InChI=1S/C31H27F3N4O4/c1-18-28(19-6-11-22(39-2)12-7-19)37-38(29(18)20-8-13-23(40-3)14-9-20)30-35-24(17-27(36-30)31(32,33)34)21-10-15-25(41-4)26(16-21)42-5/h6-17H,1-5H3. The fourth-order valence-corrected chi connectivity index (χ4v) is 4.57. The topological polar surface area (TPSA) is 80.5 Å². The first-order chi connectivity index (χ1) is 20.2.